The molecule has 3 nitrogen and oxygen atoms in total. The Balaban J connectivity index is 2.00. The summed E-state index contributed by atoms with van der Waals surface area (Å²) < 4.78 is 0. The van der Waals surface area contributed by atoms with Crippen LogP contribution < -0.4 is 11.1 Å². The van der Waals surface area contributed by atoms with Crippen LogP contribution in [0.15, 0.2) is 24.3 Å². The van der Waals surface area contributed by atoms with Gasteiger partial charge in [0.15, 0.2) is 0 Å². The Morgan fingerprint density at radius 3 is 2.89 bits per heavy atom. The highest BCUT2D eigenvalue weighted by Gasteiger charge is 2.23. The predicted molar refractivity (Wildman–Crippen MR) is 78.1 cm³/mol. The Labute approximate surface area is 115 Å². The van der Waals surface area contributed by atoms with Crippen LogP contribution >= 0.6 is 0 Å². The summed E-state index contributed by atoms with van der Waals surface area (Å²) in [5.41, 5.74) is 7.44. The Kier molecular flexibility index (Phi) is 4.97. The van der Waals surface area contributed by atoms with Gasteiger partial charge >= 0.3 is 0 Å². The van der Waals surface area contributed by atoms with Gasteiger partial charge in [0, 0.05) is 11.6 Å². The van der Waals surface area contributed by atoms with Crippen molar-refractivity contribution < 1.29 is 4.79 Å². The van der Waals surface area contributed by atoms with Crippen molar-refractivity contribution in [3.05, 3.63) is 35.4 Å². The number of amides is 1. The van der Waals surface area contributed by atoms with Gasteiger partial charge < -0.3 is 11.1 Å². The summed E-state index contributed by atoms with van der Waals surface area (Å²) in [6.45, 7) is 2.85. The average Bonchev–Trinajstić information content (AvgIpc) is 2.42. The minimum Gasteiger partial charge on any atom is -0.349 e. The number of rotatable bonds is 4. The van der Waals surface area contributed by atoms with Crippen molar-refractivity contribution in [2.45, 2.75) is 45.1 Å². The molecule has 2 rings (SSSR count). The summed E-state index contributed by atoms with van der Waals surface area (Å²) in [6.07, 6.45) is 5.66. The van der Waals surface area contributed by atoms with Crippen molar-refractivity contribution >= 4 is 5.91 Å². The standard InChI is InChI=1S/C16H24N2O/c1-12-5-2-3-8-15(12)18-16(19)14-7-4-6-13(11-14)9-10-17/h4,6-7,11-12,15H,2-3,5,8-10,17H2,1H3,(H,18,19). The Morgan fingerprint density at radius 2 is 2.16 bits per heavy atom. The molecule has 3 heteroatoms. The number of nitrogens with two attached hydrogens (primary N) is 1. The minimum absolute atomic E-state index is 0.0534. The second-order valence-electron chi connectivity index (χ2n) is 5.58. The number of benzene rings is 1. The molecule has 1 aromatic carbocycles. The quantitative estimate of drug-likeness (QED) is 0.874. The van der Waals surface area contributed by atoms with Crippen LogP contribution in [-0.4, -0.2) is 18.5 Å². The molecule has 1 fully saturated rings. The number of carbonyl (C=O) groups is 1. The van der Waals surface area contributed by atoms with Crippen LogP contribution in [0.2, 0.25) is 0 Å². The first-order chi connectivity index (χ1) is 9.20. The van der Waals surface area contributed by atoms with Gasteiger partial charge in [-0.3, -0.25) is 4.79 Å². The normalized spacial score (nSPS) is 23.1. The van der Waals surface area contributed by atoms with Crippen molar-refractivity contribution in [2.24, 2.45) is 11.7 Å². The summed E-state index contributed by atoms with van der Waals surface area (Å²) >= 11 is 0. The van der Waals surface area contributed by atoms with Crippen LogP contribution in [0.3, 0.4) is 0 Å². The fourth-order valence-electron chi connectivity index (χ4n) is 2.82. The van der Waals surface area contributed by atoms with Crippen LogP contribution in [0.5, 0.6) is 0 Å². The van der Waals surface area contributed by atoms with E-state index < -0.39 is 0 Å². The molecule has 1 saturated carbocycles. The van der Waals surface area contributed by atoms with E-state index in [1.165, 1.54) is 19.3 Å². The highest BCUT2D eigenvalue weighted by molar-refractivity contribution is 5.94. The molecule has 3 N–H and O–H groups in total. The van der Waals surface area contributed by atoms with Crippen LogP contribution in [0.25, 0.3) is 0 Å². The van der Waals surface area contributed by atoms with Crippen LogP contribution in [0.4, 0.5) is 0 Å². The lowest BCUT2D eigenvalue weighted by atomic mass is 9.86. The highest BCUT2D eigenvalue weighted by atomic mass is 16.1. The van der Waals surface area contributed by atoms with Crippen molar-refractivity contribution in [1.29, 1.82) is 0 Å². The summed E-state index contributed by atoms with van der Waals surface area (Å²) in [4.78, 5) is 12.3. The fourth-order valence-corrected chi connectivity index (χ4v) is 2.82. The van der Waals surface area contributed by atoms with E-state index in [1.54, 1.807) is 0 Å². The molecule has 1 aliphatic rings. The summed E-state index contributed by atoms with van der Waals surface area (Å²) in [7, 11) is 0. The maximum Gasteiger partial charge on any atom is 0.251 e. The molecule has 1 amide bonds. The SMILES string of the molecule is CC1CCCCC1NC(=O)c1cccc(CCN)c1. The number of nitrogens with one attached hydrogen (secondary N) is 1. The molecular formula is C16H24N2O. The first kappa shape index (κ1) is 14.1. The Morgan fingerprint density at radius 1 is 1.37 bits per heavy atom. The third-order valence-corrected chi connectivity index (χ3v) is 4.05. The molecule has 104 valence electrons. The fraction of sp³-hybridized carbons (Fsp3) is 0.562. The van der Waals surface area contributed by atoms with Crippen molar-refractivity contribution in [3.8, 4) is 0 Å². The molecule has 2 atom stereocenters. The summed E-state index contributed by atoms with van der Waals surface area (Å²) in [5.74, 6) is 0.641. The van der Waals surface area contributed by atoms with Crippen molar-refractivity contribution in [3.63, 3.8) is 0 Å². The van der Waals surface area contributed by atoms with Gasteiger partial charge in [-0.15, -0.1) is 0 Å². The second kappa shape index (κ2) is 6.71. The lowest BCUT2D eigenvalue weighted by Gasteiger charge is -2.29. The van der Waals surface area contributed by atoms with Gasteiger partial charge in [-0.25, -0.2) is 0 Å². The topological polar surface area (TPSA) is 55.1 Å². The zero-order valence-electron chi connectivity index (χ0n) is 11.7. The molecular weight excluding hydrogens is 236 g/mol. The maximum atomic E-state index is 12.3. The number of carbonyl (C=O) groups excluding carboxylic acids is 1. The first-order valence-electron chi connectivity index (χ1n) is 7.30. The third-order valence-electron chi connectivity index (χ3n) is 4.05. The smallest absolute Gasteiger partial charge is 0.251 e. The number of hydrogen-bond donors (Lipinski definition) is 2. The van der Waals surface area contributed by atoms with Crippen molar-refractivity contribution in [1.82, 2.24) is 5.32 Å². The predicted octanol–water partition coefficient (Wildman–Crippen LogP) is 2.50. The lowest BCUT2D eigenvalue weighted by Crippen LogP contribution is -2.41. The van der Waals surface area contributed by atoms with Crippen LogP contribution in [0, 0.1) is 5.92 Å². The maximum absolute atomic E-state index is 12.3. The van der Waals surface area contributed by atoms with Gasteiger partial charge in [-0.1, -0.05) is 31.9 Å². The Hall–Kier alpha value is -1.35. The van der Waals surface area contributed by atoms with Crippen LogP contribution in [-0.2, 0) is 6.42 Å². The largest absolute Gasteiger partial charge is 0.349 e. The van der Waals surface area contributed by atoms with E-state index in [4.69, 9.17) is 5.73 Å². The molecule has 0 bridgehead atoms. The molecule has 19 heavy (non-hydrogen) atoms. The highest BCUT2D eigenvalue weighted by Crippen LogP contribution is 2.24. The molecule has 0 heterocycles. The van der Waals surface area contributed by atoms with E-state index in [0.717, 1.165) is 24.0 Å². The van der Waals surface area contributed by atoms with E-state index in [0.29, 0.717) is 18.5 Å². The van der Waals surface area contributed by atoms with Gasteiger partial charge in [0.25, 0.3) is 5.91 Å². The van der Waals surface area contributed by atoms with E-state index in [1.807, 2.05) is 24.3 Å². The molecule has 1 aromatic rings. The van der Waals surface area contributed by atoms with Crippen molar-refractivity contribution in [2.75, 3.05) is 6.54 Å². The molecule has 1 aliphatic carbocycles. The second-order valence-corrected chi connectivity index (χ2v) is 5.58. The van der Waals surface area contributed by atoms with Crippen LogP contribution in [0.1, 0.15) is 48.5 Å². The van der Waals surface area contributed by atoms with Gasteiger partial charge in [-0.2, -0.15) is 0 Å². The molecule has 0 saturated heterocycles. The molecule has 0 radical (unpaired) electrons. The molecule has 0 aromatic heterocycles. The van der Waals surface area contributed by atoms with Gasteiger partial charge in [0.1, 0.15) is 0 Å². The number of hydrogen-bond acceptors (Lipinski definition) is 2. The molecule has 0 spiro atoms. The monoisotopic (exact) mass is 260 g/mol. The minimum atomic E-state index is 0.0534. The average molecular weight is 260 g/mol. The zero-order valence-corrected chi connectivity index (χ0v) is 11.7. The Bertz CT molecular complexity index is 431. The summed E-state index contributed by atoms with van der Waals surface area (Å²) in [5, 5.41) is 3.18. The van der Waals surface area contributed by atoms with E-state index in [2.05, 4.69) is 12.2 Å². The van der Waals surface area contributed by atoms with E-state index in [-0.39, 0.29) is 5.91 Å². The van der Waals surface area contributed by atoms with E-state index >= 15 is 0 Å². The van der Waals surface area contributed by atoms with E-state index in [9.17, 15) is 4.79 Å². The zero-order chi connectivity index (χ0) is 13.7. The van der Waals surface area contributed by atoms with Gasteiger partial charge in [-0.05, 0) is 49.4 Å². The van der Waals surface area contributed by atoms with Gasteiger partial charge in [0.05, 0.1) is 0 Å². The lowest BCUT2D eigenvalue weighted by molar-refractivity contribution is 0.0910. The molecule has 2 unspecified atom stereocenters. The third kappa shape index (κ3) is 3.80. The van der Waals surface area contributed by atoms with Gasteiger partial charge in [0.2, 0.25) is 0 Å². The first-order valence-corrected chi connectivity index (χ1v) is 7.30. The summed E-state index contributed by atoms with van der Waals surface area (Å²) in [6, 6.07) is 8.12. The molecule has 0 aliphatic heterocycles.